The summed E-state index contributed by atoms with van der Waals surface area (Å²) in [4.78, 5) is 6.37. The Morgan fingerprint density at radius 2 is 2.20 bits per heavy atom. The number of aliphatic imine (C=N–C) groups is 1. The summed E-state index contributed by atoms with van der Waals surface area (Å²) in [7, 11) is 4.02. The van der Waals surface area contributed by atoms with Crippen LogP contribution in [0.3, 0.4) is 0 Å². The molecule has 0 aromatic heterocycles. The smallest absolute Gasteiger partial charge is 0.193 e. The Morgan fingerprint density at radius 1 is 1.40 bits per heavy atom. The Bertz CT molecular complexity index is 129. The number of guanidine groups is 1. The molecular weight excluding hydrogens is 126 g/mol. The first-order chi connectivity index (χ1) is 4.80. The van der Waals surface area contributed by atoms with Gasteiger partial charge in [0.05, 0.1) is 0 Å². The summed E-state index contributed by atoms with van der Waals surface area (Å²) in [5.41, 5.74) is 0. The fourth-order valence-electron chi connectivity index (χ4n) is 0.977. The average Bonchev–Trinajstić information content (AvgIpc) is 2.12. The van der Waals surface area contributed by atoms with E-state index in [2.05, 4.69) is 10.3 Å². The van der Waals surface area contributed by atoms with Gasteiger partial charge < -0.3 is 10.2 Å². The average molecular weight is 141 g/mol. The monoisotopic (exact) mass is 141 g/mol. The summed E-state index contributed by atoms with van der Waals surface area (Å²) in [6.45, 7) is 2.04. The van der Waals surface area contributed by atoms with Gasteiger partial charge in [0.25, 0.3) is 0 Å². The Hall–Kier alpha value is -0.730. The Morgan fingerprint density at radius 3 is 2.90 bits per heavy atom. The number of rotatable bonds is 0. The second-order valence-electron chi connectivity index (χ2n) is 2.73. The molecule has 1 aliphatic rings. The van der Waals surface area contributed by atoms with Gasteiger partial charge in [0.15, 0.2) is 5.96 Å². The zero-order chi connectivity index (χ0) is 7.40. The molecule has 1 N–H and O–H groups in total. The van der Waals surface area contributed by atoms with Crippen molar-refractivity contribution in [2.24, 2.45) is 4.99 Å². The van der Waals surface area contributed by atoms with Crippen molar-refractivity contribution in [1.29, 1.82) is 0 Å². The Kier molecular flexibility index (Phi) is 2.54. The number of hydrogen-bond donors (Lipinski definition) is 1. The topological polar surface area (TPSA) is 27.6 Å². The lowest BCUT2D eigenvalue weighted by Crippen LogP contribution is -2.35. The van der Waals surface area contributed by atoms with Gasteiger partial charge in [0.2, 0.25) is 0 Å². The lowest BCUT2D eigenvalue weighted by atomic mass is 10.3. The van der Waals surface area contributed by atoms with E-state index in [1.165, 1.54) is 12.8 Å². The van der Waals surface area contributed by atoms with Crippen LogP contribution < -0.4 is 5.32 Å². The maximum atomic E-state index is 4.35. The SMILES string of the molecule is CN(C)C1=NCCCCN1. The minimum atomic E-state index is 0.973. The molecule has 0 aromatic carbocycles. The molecule has 0 unspecified atom stereocenters. The highest BCUT2D eigenvalue weighted by Crippen LogP contribution is 1.94. The van der Waals surface area contributed by atoms with Crippen molar-refractivity contribution in [3.05, 3.63) is 0 Å². The normalized spacial score (nSPS) is 18.8. The first-order valence-electron chi connectivity index (χ1n) is 3.76. The van der Waals surface area contributed by atoms with Crippen LogP contribution in [0.25, 0.3) is 0 Å². The van der Waals surface area contributed by atoms with Crippen molar-refractivity contribution < 1.29 is 0 Å². The summed E-state index contributed by atoms with van der Waals surface area (Å²) in [5.74, 6) is 1.03. The zero-order valence-electron chi connectivity index (χ0n) is 6.72. The summed E-state index contributed by atoms with van der Waals surface area (Å²) in [5, 5.41) is 3.26. The third-order valence-corrected chi connectivity index (χ3v) is 1.55. The molecule has 0 aromatic rings. The third kappa shape index (κ3) is 1.90. The van der Waals surface area contributed by atoms with Crippen LogP contribution in [0.1, 0.15) is 12.8 Å². The molecule has 3 heteroatoms. The fourth-order valence-corrected chi connectivity index (χ4v) is 0.977. The van der Waals surface area contributed by atoms with Crippen molar-refractivity contribution >= 4 is 5.96 Å². The molecule has 0 atom stereocenters. The van der Waals surface area contributed by atoms with Gasteiger partial charge in [-0.1, -0.05) is 0 Å². The van der Waals surface area contributed by atoms with E-state index in [1.807, 2.05) is 19.0 Å². The summed E-state index contributed by atoms with van der Waals surface area (Å²) in [6.07, 6.45) is 2.45. The summed E-state index contributed by atoms with van der Waals surface area (Å²) >= 11 is 0. The molecule has 0 amide bonds. The number of nitrogens with zero attached hydrogens (tertiary/aromatic N) is 2. The molecule has 0 aliphatic carbocycles. The fraction of sp³-hybridized carbons (Fsp3) is 0.857. The van der Waals surface area contributed by atoms with Crippen LogP contribution in [0.4, 0.5) is 0 Å². The molecule has 0 fully saturated rings. The minimum Gasteiger partial charge on any atom is -0.356 e. The van der Waals surface area contributed by atoms with Crippen LogP contribution in [0.5, 0.6) is 0 Å². The van der Waals surface area contributed by atoms with Gasteiger partial charge in [-0.25, -0.2) is 0 Å². The molecule has 0 spiro atoms. The first-order valence-corrected chi connectivity index (χ1v) is 3.76. The lowest BCUT2D eigenvalue weighted by Gasteiger charge is -2.14. The van der Waals surface area contributed by atoms with Crippen molar-refractivity contribution in [2.75, 3.05) is 27.2 Å². The van der Waals surface area contributed by atoms with Crippen LogP contribution in [0, 0.1) is 0 Å². The maximum Gasteiger partial charge on any atom is 0.193 e. The van der Waals surface area contributed by atoms with E-state index in [9.17, 15) is 0 Å². The van der Waals surface area contributed by atoms with Gasteiger partial charge in [-0.05, 0) is 12.8 Å². The van der Waals surface area contributed by atoms with E-state index in [1.54, 1.807) is 0 Å². The van der Waals surface area contributed by atoms with Gasteiger partial charge in [0, 0.05) is 27.2 Å². The van der Waals surface area contributed by atoms with Crippen LogP contribution in [-0.2, 0) is 0 Å². The Labute approximate surface area is 62.1 Å². The molecule has 0 radical (unpaired) electrons. The molecule has 1 heterocycles. The standard InChI is InChI=1S/C7H15N3/c1-10(2)7-8-5-3-4-6-9-7/h3-6H2,1-2H3,(H,8,9). The highest BCUT2D eigenvalue weighted by molar-refractivity contribution is 5.79. The summed E-state index contributed by atoms with van der Waals surface area (Å²) in [6, 6.07) is 0. The second kappa shape index (κ2) is 3.44. The van der Waals surface area contributed by atoms with Crippen molar-refractivity contribution in [1.82, 2.24) is 10.2 Å². The first kappa shape index (κ1) is 7.38. The lowest BCUT2D eigenvalue weighted by molar-refractivity contribution is 0.586. The molecule has 1 rings (SSSR count). The van der Waals surface area contributed by atoms with Crippen LogP contribution in [0.2, 0.25) is 0 Å². The van der Waals surface area contributed by atoms with E-state index in [0.717, 1.165) is 19.0 Å². The number of nitrogens with one attached hydrogen (secondary N) is 1. The summed E-state index contributed by atoms with van der Waals surface area (Å²) < 4.78 is 0. The van der Waals surface area contributed by atoms with Crippen LogP contribution >= 0.6 is 0 Å². The minimum absolute atomic E-state index is 0.973. The van der Waals surface area contributed by atoms with Crippen molar-refractivity contribution in [3.63, 3.8) is 0 Å². The molecule has 0 saturated carbocycles. The largest absolute Gasteiger partial charge is 0.356 e. The van der Waals surface area contributed by atoms with E-state index in [-0.39, 0.29) is 0 Å². The maximum absolute atomic E-state index is 4.35. The molecule has 0 bridgehead atoms. The van der Waals surface area contributed by atoms with Gasteiger partial charge in [0.1, 0.15) is 0 Å². The van der Waals surface area contributed by atoms with Crippen molar-refractivity contribution in [3.8, 4) is 0 Å². The van der Waals surface area contributed by atoms with Crippen LogP contribution in [0.15, 0.2) is 4.99 Å². The van der Waals surface area contributed by atoms with Gasteiger partial charge in [-0.15, -0.1) is 0 Å². The van der Waals surface area contributed by atoms with Crippen molar-refractivity contribution in [2.45, 2.75) is 12.8 Å². The second-order valence-corrected chi connectivity index (χ2v) is 2.73. The molecule has 0 saturated heterocycles. The van der Waals surface area contributed by atoms with E-state index < -0.39 is 0 Å². The molecule has 10 heavy (non-hydrogen) atoms. The third-order valence-electron chi connectivity index (χ3n) is 1.55. The quantitative estimate of drug-likeness (QED) is 0.525. The van der Waals surface area contributed by atoms with E-state index in [0.29, 0.717) is 0 Å². The van der Waals surface area contributed by atoms with Gasteiger partial charge in [-0.2, -0.15) is 0 Å². The molecule has 58 valence electrons. The zero-order valence-corrected chi connectivity index (χ0v) is 6.72. The predicted octanol–water partition coefficient (Wildman–Crippen LogP) is 0.287. The molecular formula is C7H15N3. The highest BCUT2D eigenvalue weighted by atomic mass is 15.3. The number of hydrogen-bond acceptors (Lipinski definition) is 3. The van der Waals surface area contributed by atoms with Gasteiger partial charge in [-0.3, -0.25) is 4.99 Å². The van der Waals surface area contributed by atoms with Gasteiger partial charge >= 0.3 is 0 Å². The van der Waals surface area contributed by atoms with Crippen LogP contribution in [-0.4, -0.2) is 38.0 Å². The Balaban J connectivity index is 2.46. The van der Waals surface area contributed by atoms with E-state index >= 15 is 0 Å². The van der Waals surface area contributed by atoms with E-state index in [4.69, 9.17) is 0 Å². The predicted molar refractivity (Wildman–Crippen MR) is 43.2 cm³/mol. The highest BCUT2D eigenvalue weighted by Gasteiger charge is 2.02. The molecule has 3 nitrogen and oxygen atoms in total. The molecule has 1 aliphatic heterocycles.